The van der Waals surface area contributed by atoms with E-state index in [0.717, 1.165) is 28.8 Å². The van der Waals surface area contributed by atoms with Crippen LogP contribution in [-0.4, -0.2) is 24.5 Å². The Kier molecular flexibility index (Phi) is 7.60. The maximum absolute atomic E-state index is 12.6. The average molecular weight is 372 g/mol. The number of rotatable bonds is 8. The highest BCUT2D eigenvalue weighted by Gasteiger charge is 2.17. The predicted octanol–water partition coefficient (Wildman–Crippen LogP) is 4.45. The number of amides is 1. The number of carbonyl (C=O) groups is 2. The molecule has 0 fully saturated rings. The lowest BCUT2D eigenvalue weighted by Crippen LogP contribution is -2.36. The van der Waals surface area contributed by atoms with Gasteiger partial charge in [-0.25, -0.2) is 4.79 Å². The first kappa shape index (κ1) is 19.9. The SMILES string of the molecule is CCC(CC)NC(=O)COC(=O)/C(=C/c1cccc(C)c1)c1cccs1. The van der Waals surface area contributed by atoms with Gasteiger partial charge in [0.05, 0.1) is 5.57 Å². The van der Waals surface area contributed by atoms with Gasteiger partial charge in [0, 0.05) is 10.9 Å². The second-order valence-corrected chi connectivity index (χ2v) is 7.05. The van der Waals surface area contributed by atoms with Gasteiger partial charge in [-0.3, -0.25) is 4.79 Å². The number of hydrogen-bond acceptors (Lipinski definition) is 4. The molecule has 0 radical (unpaired) electrons. The number of aryl methyl sites for hydroxylation is 1. The van der Waals surface area contributed by atoms with E-state index < -0.39 is 5.97 Å². The summed E-state index contributed by atoms with van der Waals surface area (Å²) >= 11 is 1.47. The van der Waals surface area contributed by atoms with Gasteiger partial charge in [-0.05, 0) is 42.9 Å². The largest absolute Gasteiger partial charge is 0.452 e. The van der Waals surface area contributed by atoms with Gasteiger partial charge < -0.3 is 10.1 Å². The van der Waals surface area contributed by atoms with Crippen LogP contribution in [0.4, 0.5) is 0 Å². The van der Waals surface area contributed by atoms with Crippen molar-refractivity contribution in [2.75, 3.05) is 6.61 Å². The molecule has 0 aliphatic carbocycles. The molecule has 0 atom stereocenters. The van der Waals surface area contributed by atoms with Crippen LogP contribution in [0.15, 0.2) is 41.8 Å². The number of benzene rings is 1. The Hall–Kier alpha value is -2.40. The van der Waals surface area contributed by atoms with Crippen molar-refractivity contribution < 1.29 is 14.3 Å². The first-order valence-electron chi connectivity index (χ1n) is 8.82. The maximum atomic E-state index is 12.6. The molecule has 138 valence electrons. The van der Waals surface area contributed by atoms with E-state index in [1.807, 2.05) is 62.5 Å². The minimum Gasteiger partial charge on any atom is -0.452 e. The van der Waals surface area contributed by atoms with Crippen molar-refractivity contribution in [3.63, 3.8) is 0 Å². The Morgan fingerprint density at radius 2 is 1.96 bits per heavy atom. The van der Waals surface area contributed by atoms with Gasteiger partial charge in [0.25, 0.3) is 5.91 Å². The average Bonchev–Trinajstić information content (AvgIpc) is 3.16. The molecular formula is C21H25NO3S. The lowest BCUT2D eigenvalue weighted by Gasteiger charge is -2.14. The number of hydrogen-bond donors (Lipinski definition) is 1. The lowest BCUT2D eigenvalue weighted by molar-refractivity contribution is -0.143. The molecule has 4 nitrogen and oxygen atoms in total. The number of thiophene rings is 1. The molecule has 26 heavy (non-hydrogen) atoms. The molecule has 1 heterocycles. The molecule has 2 aromatic rings. The fourth-order valence-electron chi connectivity index (χ4n) is 2.56. The third kappa shape index (κ3) is 5.85. The molecule has 0 saturated carbocycles. The summed E-state index contributed by atoms with van der Waals surface area (Å²) in [6, 6.07) is 11.8. The predicted molar refractivity (Wildman–Crippen MR) is 107 cm³/mol. The Bertz CT molecular complexity index is 761. The smallest absolute Gasteiger partial charge is 0.340 e. The summed E-state index contributed by atoms with van der Waals surface area (Å²) in [5.74, 6) is -0.762. The van der Waals surface area contributed by atoms with Crippen molar-refractivity contribution in [1.29, 1.82) is 0 Å². The molecule has 0 unspecified atom stereocenters. The molecule has 1 aromatic carbocycles. The van der Waals surface area contributed by atoms with Crippen LogP contribution in [0.3, 0.4) is 0 Å². The molecule has 0 spiro atoms. The van der Waals surface area contributed by atoms with Gasteiger partial charge in [0.2, 0.25) is 0 Å². The Morgan fingerprint density at radius 1 is 1.19 bits per heavy atom. The summed E-state index contributed by atoms with van der Waals surface area (Å²) in [5, 5.41) is 4.78. The third-order valence-corrected chi connectivity index (χ3v) is 4.95. The topological polar surface area (TPSA) is 55.4 Å². The number of ether oxygens (including phenoxy) is 1. The molecule has 0 saturated heterocycles. The van der Waals surface area contributed by atoms with Gasteiger partial charge in [-0.1, -0.05) is 49.7 Å². The second kappa shape index (κ2) is 9.92. The first-order valence-corrected chi connectivity index (χ1v) is 9.70. The summed E-state index contributed by atoms with van der Waals surface area (Å²) in [6.07, 6.45) is 3.51. The summed E-state index contributed by atoms with van der Waals surface area (Å²) in [7, 11) is 0. The molecule has 2 rings (SSSR count). The van der Waals surface area contributed by atoms with E-state index in [2.05, 4.69) is 5.32 Å². The van der Waals surface area contributed by atoms with Gasteiger partial charge in [-0.2, -0.15) is 0 Å². The van der Waals surface area contributed by atoms with E-state index in [1.165, 1.54) is 11.3 Å². The number of esters is 1. The van der Waals surface area contributed by atoms with Gasteiger partial charge >= 0.3 is 5.97 Å². The molecule has 1 amide bonds. The fraction of sp³-hybridized carbons (Fsp3) is 0.333. The Morgan fingerprint density at radius 3 is 2.58 bits per heavy atom. The van der Waals surface area contributed by atoms with Crippen molar-refractivity contribution in [2.24, 2.45) is 0 Å². The molecule has 0 bridgehead atoms. The van der Waals surface area contributed by atoms with Crippen LogP contribution in [0.5, 0.6) is 0 Å². The van der Waals surface area contributed by atoms with Crippen LogP contribution < -0.4 is 5.32 Å². The van der Waals surface area contributed by atoms with Gasteiger partial charge in [0.15, 0.2) is 6.61 Å². The zero-order valence-electron chi connectivity index (χ0n) is 15.5. The highest BCUT2D eigenvalue weighted by atomic mass is 32.1. The maximum Gasteiger partial charge on any atom is 0.340 e. The molecule has 5 heteroatoms. The van der Waals surface area contributed by atoms with Crippen molar-refractivity contribution in [3.8, 4) is 0 Å². The van der Waals surface area contributed by atoms with E-state index in [-0.39, 0.29) is 18.6 Å². The minimum atomic E-state index is -0.492. The number of nitrogens with one attached hydrogen (secondary N) is 1. The van der Waals surface area contributed by atoms with E-state index in [9.17, 15) is 9.59 Å². The molecule has 1 N–H and O–H groups in total. The van der Waals surface area contributed by atoms with Crippen molar-refractivity contribution in [1.82, 2.24) is 5.32 Å². The van der Waals surface area contributed by atoms with E-state index >= 15 is 0 Å². The zero-order valence-corrected chi connectivity index (χ0v) is 16.3. The van der Waals surface area contributed by atoms with E-state index in [4.69, 9.17) is 4.74 Å². The quantitative estimate of drug-likeness (QED) is 0.551. The molecule has 0 aliphatic rings. The summed E-state index contributed by atoms with van der Waals surface area (Å²) in [4.78, 5) is 25.4. The summed E-state index contributed by atoms with van der Waals surface area (Å²) in [6.45, 7) is 5.76. The first-order chi connectivity index (χ1) is 12.5. The van der Waals surface area contributed by atoms with Crippen LogP contribution in [0.2, 0.25) is 0 Å². The van der Waals surface area contributed by atoms with Crippen molar-refractivity contribution in [2.45, 2.75) is 39.7 Å². The van der Waals surface area contributed by atoms with Gasteiger partial charge in [-0.15, -0.1) is 11.3 Å². The number of carbonyl (C=O) groups excluding carboxylic acids is 2. The van der Waals surface area contributed by atoms with Crippen LogP contribution in [0.25, 0.3) is 11.6 Å². The lowest BCUT2D eigenvalue weighted by atomic mass is 10.1. The second-order valence-electron chi connectivity index (χ2n) is 6.11. The van der Waals surface area contributed by atoms with E-state index in [0.29, 0.717) is 5.57 Å². The third-order valence-electron chi connectivity index (χ3n) is 4.04. The van der Waals surface area contributed by atoms with Crippen LogP contribution in [0, 0.1) is 6.92 Å². The molecular weight excluding hydrogens is 346 g/mol. The van der Waals surface area contributed by atoms with Crippen LogP contribution in [-0.2, 0) is 14.3 Å². The summed E-state index contributed by atoms with van der Waals surface area (Å²) in [5.41, 5.74) is 2.50. The summed E-state index contributed by atoms with van der Waals surface area (Å²) < 4.78 is 5.27. The van der Waals surface area contributed by atoms with Crippen LogP contribution in [0.1, 0.15) is 42.7 Å². The highest BCUT2D eigenvalue weighted by molar-refractivity contribution is 7.11. The molecule has 0 aliphatic heterocycles. The van der Waals surface area contributed by atoms with E-state index in [1.54, 1.807) is 6.08 Å². The molecule has 1 aromatic heterocycles. The fourth-order valence-corrected chi connectivity index (χ4v) is 3.29. The Balaban J connectivity index is 2.11. The monoisotopic (exact) mass is 371 g/mol. The Labute approximate surface area is 158 Å². The zero-order chi connectivity index (χ0) is 18.9. The van der Waals surface area contributed by atoms with Crippen molar-refractivity contribution >= 4 is 34.9 Å². The minimum absolute atomic E-state index is 0.112. The van der Waals surface area contributed by atoms with Crippen LogP contribution >= 0.6 is 11.3 Å². The highest BCUT2D eigenvalue weighted by Crippen LogP contribution is 2.24. The van der Waals surface area contributed by atoms with Crippen molar-refractivity contribution in [3.05, 3.63) is 57.8 Å². The van der Waals surface area contributed by atoms with Gasteiger partial charge in [0.1, 0.15) is 0 Å². The normalized spacial score (nSPS) is 11.5. The standard InChI is InChI=1S/C21H25NO3S/c1-4-17(5-2)22-20(23)14-25-21(24)18(19-10-7-11-26-19)13-16-9-6-8-15(3)12-16/h6-13,17H,4-5,14H2,1-3H3,(H,22,23)/b18-13+.